The number of rotatable bonds is 2. The molecule has 0 aliphatic carbocycles. The Hall–Kier alpha value is -1.75. The van der Waals surface area contributed by atoms with Gasteiger partial charge in [-0.3, -0.25) is 4.79 Å². The molecule has 112 valence electrons. The number of aryl methyl sites for hydroxylation is 2. The lowest BCUT2D eigenvalue weighted by atomic mass is 10.0. The van der Waals surface area contributed by atoms with E-state index in [1.165, 1.54) is 12.3 Å². The van der Waals surface area contributed by atoms with Crippen molar-refractivity contribution in [1.29, 1.82) is 0 Å². The van der Waals surface area contributed by atoms with Crippen LogP contribution in [0.1, 0.15) is 18.1 Å². The molecule has 0 saturated carbocycles. The number of aromatic nitrogens is 1. The Morgan fingerprint density at radius 1 is 1.24 bits per heavy atom. The summed E-state index contributed by atoms with van der Waals surface area (Å²) in [6.45, 7) is 1.82. The van der Waals surface area contributed by atoms with Gasteiger partial charge in [-0.25, -0.2) is 0 Å². The molecule has 0 spiro atoms. The highest BCUT2D eigenvalue weighted by atomic mass is 35.5. The Labute approximate surface area is 124 Å². The second kappa shape index (κ2) is 5.56. The van der Waals surface area contributed by atoms with E-state index in [1.807, 2.05) is 6.92 Å². The van der Waals surface area contributed by atoms with Gasteiger partial charge in [-0.2, -0.15) is 13.2 Å². The molecule has 0 amide bonds. The summed E-state index contributed by atoms with van der Waals surface area (Å²) in [6, 6.07) is 3.50. The van der Waals surface area contributed by atoms with Gasteiger partial charge in [0.1, 0.15) is 0 Å². The normalized spacial score (nSPS) is 11.7. The van der Waals surface area contributed by atoms with Crippen LogP contribution in [0, 0.1) is 0 Å². The Bertz CT molecular complexity index is 735. The lowest BCUT2D eigenvalue weighted by Crippen LogP contribution is -2.14. The number of nitrogens with zero attached hydrogens (tertiary/aromatic N) is 1. The van der Waals surface area contributed by atoms with Crippen LogP contribution in [-0.4, -0.2) is 4.57 Å². The maximum atomic E-state index is 12.9. The van der Waals surface area contributed by atoms with Crippen LogP contribution in [0.3, 0.4) is 0 Å². The number of alkyl halides is 3. The van der Waals surface area contributed by atoms with E-state index in [0.717, 1.165) is 12.1 Å². The van der Waals surface area contributed by atoms with E-state index >= 15 is 0 Å². The highest BCUT2D eigenvalue weighted by molar-refractivity contribution is 6.31. The summed E-state index contributed by atoms with van der Waals surface area (Å²) in [5.74, 6) is 0. The third-order valence-electron chi connectivity index (χ3n) is 3.19. The summed E-state index contributed by atoms with van der Waals surface area (Å²) in [6.07, 6.45) is -0.849. The molecule has 6 heteroatoms. The quantitative estimate of drug-likeness (QED) is 0.810. The molecule has 0 bridgehead atoms. The van der Waals surface area contributed by atoms with Gasteiger partial charge >= 0.3 is 6.18 Å². The minimum absolute atomic E-state index is 0.211. The first-order chi connectivity index (χ1) is 9.74. The highest BCUT2D eigenvalue weighted by Gasteiger charge is 2.33. The zero-order valence-corrected chi connectivity index (χ0v) is 12.2. The molecule has 1 heterocycles. The Balaban J connectivity index is 2.69. The minimum atomic E-state index is -4.55. The fraction of sp³-hybridized carbons (Fsp3) is 0.267. The maximum absolute atomic E-state index is 12.9. The van der Waals surface area contributed by atoms with E-state index in [0.29, 0.717) is 12.0 Å². The monoisotopic (exact) mass is 315 g/mol. The zero-order chi connectivity index (χ0) is 15.8. The summed E-state index contributed by atoms with van der Waals surface area (Å²) in [4.78, 5) is 12.3. The van der Waals surface area contributed by atoms with Crippen LogP contribution in [0.4, 0.5) is 13.2 Å². The van der Waals surface area contributed by atoms with Crippen molar-refractivity contribution in [3.05, 3.63) is 57.0 Å². The summed E-state index contributed by atoms with van der Waals surface area (Å²) in [5, 5.41) is -0.380. The summed E-state index contributed by atoms with van der Waals surface area (Å²) < 4.78 is 40.4. The van der Waals surface area contributed by atoms with Gasteiger partial charge in [0.25, 0.3) is 0 Å². The van der Waals surface area contributed by atoms with E-state index in [2.05, 4.69) is 0 Å². The molecule has 2 rings (SSSR count). The Morgan fingerprint density at radius 3 is 2.48 bits per heavy atom. The van der Waals surface area contributed by atoms with Gasteiger partial charge < -0.3 is 4.57 Å². The van der Waals surface area contributed by atoms with Crippen molar-refractivity contribution < 1.29 is 13.2 Å². The number of hydrogen-bond donors (Lipinski definition) is 0. The molecule has 0 unspecified atom stereocenters. The first kappa shape index (κ1) is 15.6. The highest BCUT2D eigenvalue weighted by Crippen LogP contribution is 2.36. The van der Waals surface area contributed by atoms with E-state index in [4.69, 9.17) is 11.6 Å². The molecule has 1 aromatic heterocycles. The van der Waals surface area contributed by atoms with Gasteiger partial charge in [-0.05, 0) is 24.1 Å². The summed E-state index contributed by atoms with van der Waals surface area (Å²) >= 11 is 5.59. The average molecular weight is 316 g/mol. The number of benzene rings is 1. The van der Waals surface area contributed by atoms with Crippen molar-refractivity contribution in [3.63, 3.8) is 0 Å². The summed E-state index contributed by atoms with van der Waals surface area (Å²) in [5.41, 5.74) is -0.197. The smallest absolute Gasteiger partial charge is 0.356 e. The predicted molar refractivity (Wildman–Crippen MR) is 76.5 cm³/mol. The van der Waals surface area contributed by atoms with Crippen LogP contribution in [0.2, 0.25) is 5.02 Å². The van der Waals surface area contributed by atoms with Crippen molar-refractivity contribution >= 4 is 11.6 Å². The fourth-order valence-electron chi connectivity index (χ4n) is 2.14. The molecule has 0 atom stereocenters. The van der Waals surface area contributed by atoms with Crippen molar-refractivity contribution in [2.45, 2.75) is 19.5 Å². The van der Waals surface area contributed by atoms with E-state index < -0.39 is 11.7 Å². The predicted octanol–water partition coefficient (Wildman–Crippen LogP) is 4.29. The first-order valence-electron chi connectivity index (χ1n) is 6.30. The van der Waals surface area contributed by atoms with Gasteiger partial charge in [0.05, 0.1) is 10.6 Å². The molecule has 0 fully saturated rings. The van der Waals surface area contributed by atoms with Gasteiger partial charge in [-0.15, -0.1) is 0 Å². The molecule has 0 aliphatic rings. The van der Waals surface area contributed by atoms with Crippen LogP contribution in [0.15, 0.2) is 35.4 Å². The zero-order valence-electron chi connectivity index (χ0n) is 11.5. The second-order valence-electron chi connectivity index (χ2n) is 4.74. The molecule has 2 nitrogen and oxygen atoms in total. The minimum Gasteiger partial charge on any atom is -0.356 e. The lowest BCUT2D eigenvalue weighted by molar-refractivity contribution is -0.137. The Morgan fingerprint density at radius 2 is 1.90 bits per heavy atom. The largest absolute Gasteiger partial charge is 0.417 e. The Kier molecular flexibility index (Phi) is 4.14. The second-order valence-corrected chi connectivity index (χ2v) is 5.14. The van der Waals surface area contributed by atoms with Crippen LogP contribution >= 0.6 is 11.6 Å². The number of pyridine rings is 1. The third kappa shape index (κ3) is 3.13. The molecule has 0 aliphatic heterocycles. The van der Waals surface area contributed by atoms with Crippen molar-refractivity contribution in [1.82, 2.24) is 4.57 Å². The SMILES string of the molecule is CCc1cn(C)cc(-c2ccc(Cl)c(C(F)(F)F)c2)c1=O. The maximum Gasteiger partial charge on any atom is 0.417 e. The molecule has 1 aromatic carbocycles. The molecule has 2 aromatic rings. The van der Waals surface area contributed by atoms with Crippen molar-refractivity contribution in [2.75, 3.05) is 0 Å². The van der Waals surface area contributed by atoms with Crippen molar-refractivity contribution in [3.8, 4) is 11.1 Å². The van der Waals surface area contributed by atoms with Crippen molar-refractivity contribution in [2.24, 2.45) is 7.05 Å². The average Bonchev–Trinajstić information content (AvgIpc) is 2.40. The van der Waals surface area contributed by atoms with E-state index in [9.17, 15) is 18.0 Å². The third-order valence-corrected chi connectivity index (χ3v) is 3.52. The van der Waals surface area contributed by atoms with E-state index in [-0.39, 0.29) is 21.6 Å². The topological polar surface area (TPSA) is 22.0 Å². The molecule has 0 saturated heterocycles. The number of hydrogen-bond acceptors (Lipinski definition) is 1. The van der Waals surface area contributed by atoms with Crippen LogP contribution in [0.25, 0.3) is 11.1 Å². The molecular formula is C15H13ClF3NO. The molecule has 21 heavy (non-hydrogen) atoms. The van der Waals surface area contributed by atoms with Crippen LogP contribution in [-0.2, 0) is 19.6 Å². The molecular weight excluding hydrogens is 303 g/mol. The van der Waals surface area contributed by atoms with Crippen LogP contribution in [0.5, 0.6) is 0 Å². The lowest BCUT2D eigenvalue weighted by Gasteiger charge is -2.12. The molecule has 0 N–H and O–H groups in total. The fourth-order valence-corrected chi connectivity index (χ4v) is 2.37. The van der Waals surface area contributed by atoms with E-state index in [1.54, 1.807) is 17.8 Å². The summed E-state index contributed by atoms with van der Waals surface area (Å²) in [7, 11) is 1.72. The van der Waals surface area contributed by atoms with Gasteiger partial charge in [0.15, 0.2) is 5.43 Å². The number of halogens is 4. The standard InChI is InChI=1S/C15H13ClF3NO/c1-3-9-7-20(2)8-11(14(9)21)10-4-5-13(16)12(6-10)15(17,18)19/h4-8H,3H2,1-2H3. The van der Waals surface area contributed by atoms with Gasteiger partial charge in [0.2, 0.25) is 0 Å². The van der Waals surface area contributed by atoms with Gasteiger partial charge in [-0.1, -0.05) is 24.6 Å². The van der Waals surface area contributed by atoms with Gasteiger partial charge in [0, 0.05) is 30.6 Å². The molecule has 0 radical (unpaired) electrons. The first-order valence-corrected chi connectivity index (χ1v) is 6.68. The van der Waals surface area contributed by atoms with Crippen LogP contribution < -0.4 is 5.43 Å².